The Balaban J connectivity index is 2.03. The molecule has 1 atom stereocenters. The van der Waals surface area contributed by atoms with E-state index in [9.17, 15) is 4.79 Å². The minimum Gasteiger partial charge on any atom is -0.465 e. The summed E-state index contributed by atoms with van der Waals surface area (Å²) in [4.78, 5) is 12.7. The first-order chi connectivity index (χ1) is 17.6. The Hall–Kier alpha value is -0.960. The van der Waals surface area contributed by atoms with Gasteiger partial charge in [-0.15, -0.1) is 11.8 Å². The van der Waals surface area contributed by atoms with Gasteiger partial charge in [0.15, 0.2) is 0 Å². The van der Waals surface area contributed by atoms with Crippen molar-refractivity contribution in [3.8, 4) is 0 Å². The Labute approximate surface area is 229 Å². The zero-order valence-electron chi connectivity index (χ0n) is 24.4. The number of hydrogen-bond acceptors (Lipinski definition) is 3. The molecule has 0 heterocycles. The molecule has 1 aromatic carbocycles. The maximum Gasteiger partial charge on any atom is 0.319 e. The molecule has 0 aromatic heterocycles. The van der Waals surface area contributed by atoms with Crippen LogP contribution in [-0.4, -0.2) is 17.8 Å². The summed E-state index contributed by atoms with van der Waals surface area (Å²) in [6.07, 6.45) is 24.9. The molecule has 0 saturated heterocycles. The molecule has 0 aliphatic carbocycles. The van der Waals surface area contributed by atoms with E-state index < -0.39 is 0 Å². The smallest absolute Gasteiger partial charge is 0.319 e. The lowest BCUT2D eigenvalue weighted by Gasteiger charge is -2.16. The van der Waals surface area contributed by atoms with Crippen molar-refractivity contribution in [1.29, 1.82) is 0 Å². The fraction of sp³-hybridized carbons (Fsp3) is 0.788. The number of thioether (sulfide) groups is 1. The molecule has 0 amide bonds. The van der Waals surface area contributed by atoms with Crippen molar-refractivity contribution < 1.29 is 9.53 Å². The van der Waals surface area contributed by atoms with E-state index >= 15 is 0 Å². The van der Waals surface area contributed by atoms with Gasteiger partial charge in [0.05, 0.1) is 6.61 Å². The molecule has 3 heteroatoms. The number of esters is 1. The van der Waals surface area contributed by atoms with Crippen molar-refractivity contribution in [2.24, 2.45) is 0 Å². The van der Waals surface area contributed by atoms with E-state index in [2.05, 4.69) is 45.9 Å². The summed E-state index contributed by atoms with van der Waals surface area (Å²) in [5, 5.41) is -0.0353. The van der Waals surface area contributed by atoms with Crippen LogP contribution in [-0.2, 0) is 15.3 Å². The molecule has 1 aromatic rings. The van der Waals surface area contributed by atoms with Crippen molar-refractivity contribution in [2.45, 2.75) is 161 Å². The highest BCUT2D eigenvalue weighted by Gasteiger charge is 2.20. The number of benzene rings is 1. The molecule has 36 heavy (non-hydrogen) atoms. The van der Waals surface area contributed by atoms with Crippen LogP contribution in [0.3, 0.4) is 0 Å². The Morgan fingerprint density at radius 3 is 1.58 bits per heavy atom. The highest BCUT2D eigenvalue weighted by atomic mass is 32.2. The predicted octanol–water partition coefficient (Wildman–Crippen LogP) is 10.9. The van der Waals surface area contributed by atoms with Gasteiger partial charge in [-0.1, -0.05) is 152 Å². The lowest BCUT2D eigenvalue weighted by atomic mass is 10.0. The van der Waals surface area contributed by atoms with Gasteiger partial charge in [-0.05, 0) is 32.3 Å². The van der Waals surface area contributed by atoms with E-state index in [1.165, 1.54) is 113 Å². The third kappa shape index (κ3) is 18.3. The minimum atomic E-state index is -0.0353. The van der Waals surface area contributed by atoms with Crippen LogP contribution in [0.15, 0.2) is 18.2 Å². The van der Waals surface area contributed by atoms with Crippen LogP contribution >= 0.6 is 11.8 Å². The van der Waals surface area contributed by atoms with E-state index in [0.29, 0.717) is 6.61 Å². The standard InChI is InChI=1S/C33H58O2S/c1-5-7-9-10-11-12-13-14-15-16-17-18-19-20-21-22-24-35-33(34)32(23-8-6-2)36-28-31-26-29(3)25-30(4)27-31/h25-27,32H,5-24,28H2,1-4H3. The second-order valence-electron chi connectivity index (χ2n) is 10.9. The summed E-state index contributed by atoms with van der Waals surface area (Å²) in [5.41, 5.74) is 3.90. The first-order valence-corrected chi connectivity index (χ1v) is 16.5. The molecule has 2 nitrogen and oxygen atoms in total. The average molecular weight is 519 g/mol. The Morgan fingerprint density at radius 2 is 1.11 bits per heavy atom. The molecule has 0 N–H and O–H groups in total. The minimum absolute atomic E-state index is 0.00113. The van der Waals surface area contributed by atoms with Crippen molar-refractivity contribution in [2.75, 3.05) is 6.61 Å². The van der Waals surface area contributed by atoms with E-state index in [0.717, 1.165) is 31.4 Å². The number of aryl methyl sites for hydroxylation is 2. The third-order valence-electron chi connectivity index (χ3n) is 7.06. The number of carbonyl (C=O) groups is 1. The zero-order valence-corrected chi connectivity index (χ0v) is 25.2. The largest absolute Gasteiger partial charge is 0.465 e. The molecule has 0 spiro atoms. The van der Waals surface area contributed by atoms with Crippen LogP contribution in [0.5, 0.6) is 0 Å². The van der Waals surface area contributed by atoms with Crippen LogP contribution < -0.4 is 0 Å². The average Bonchev–Trinajstić information content (AvgIpc) is 2.85. The fourth-order valence-electron chi connectivity index (χ4n) is 4.92. The topological polar surface area (TPSA) is 26.3 Å². The van der Waals surface area contributed by atoms with E-state index in [-0.39, 0.29) is 11.2 Å². The second kappa shape index (κ2) is 23.2. The molecule has 0 aliphatic heterocycles. The first-order valence-electron chi connectivity index (χ1n) is 15.4. The maximum atomic E-state index is 12.7. The lowest BCUT2D eigenvalue weighted by Crippen LogP contribution is -2.21. The lowest BCUT2D eigenvalue weighted by molar-refractivity contribution is -0.143. The van der Waals surface area contributed by atoms with Gasteiger partial charge < -0.3 is 4.74 Å². The summed E-state index contributed by atoms with van der Waals surface area (Å²) < 4.78 is 5.70. The summed E-state index contributed by atoms with van der Waals surface area (Å²) >= 11 is 1.75. The normalized spacial score (nSPS) is 12.1. The molecule has 0 aliphatic rings. The third-order valence-corrected chi connectivity index (χ3v) is 8.39. The summed E-state index contributed by atoms with van der Waals surface area (Å²) in [6.45, 7) is 9.35. The van der Waals surface area contributed by atoms with Gasteiger partial charge in [0.2, 0.25) is 0 Å². The van der Waals surface area contributed by atoms with Crippen molar-refractivity contribution in [1.82, 2.24) is 0 Å². The zero-order chi connectivity index (χ0) is 26.3. The van der Waals surface area contributed by atoms with Crippen molar-refractivity contribution >= 4 is 17.7 Å². The van der Waals surface area contributed by atoms with Crippen LogP contribution in [0.25, 0.3) is 0 Å². The molecular weight excluding hydrogens is 460 g/mol. The molecule has 0 saturated carbocycles. The highest BCUT2D eigenvalue weighted by molar-refractivity contribution is 7.99. The number of unbranched alkanes of at least 4 members (excludes halogenated alkanes) is 16. The highest BCUT2D eigenvalue weighted by Crippen LogP contribution is 2.25. The number of carbonyl (C=O) groups excluding carboxylic acids is 1. The van der Waals surface area contributed by atoms with Crippen molar-refractivity contribution in [3.63, 3.8) is 0 Å². The second-order valence-corrected chi connectivity index (χ2v) is 12.1. The summed E-state index contributed by atoms with van der Waals surface area (Å²) in [6, 6.07) is 6.67. The number of rotatable bonds is 24. The van der Waals surface area contributed by atoms with Gasteiger partial charge in [-0.3, -0.25) is 4.79 Å². The van der Waals surface area contributed by atoms with Crippen molar-refractivity contribution in [3.05, 3.63) is 34.9 Å². The van der Waals surface area contributed by atoms with Crippen LogP contribution in [0, 0.1) is 13.8 Å². The van der Waals surface area contributed by atoms with Gasteiger partial charge in [-0.2, -0.15) is 0 Å². The molecule has 1 rings (SSSR count). The SMILES string of the molecule is CCCCCCCCCCCCCCCCCCOC(=O)C(CCCC)SCc1cc(C)cc(C)c1. The van der Waals surface area contributed by atoms with Gasteiger partial charge in [0.1, 0.15) is 5.25 Å². The van der Waals surface area contributed by atoms with E-state index in [4.69, 9.17) is 4.74 Å². The molecule has 0 fully saturated rings. The number of hydrogen-bond donors (Lipinski definition) is 0. The first kappa shape index (κ1) is 33.1. The summed E-state index contributed by atoms with van der Waals surface area (Å²) in [7, 11) is 0. The molecule has 1 unspecified atom stereocenters. The predicted molar refractivity (Wildman–Crippen MR) is 161 cm³/mol. The summed E-state index contributed by atoms with van der Waals surface area (Å²) in [5.74, 6) is 0.879. The van der Waals surface area contributed by atoms with Crippen LogP contribution in [0.2, 0.25) is 0 Å². The molecule has 0 radical (unpaired) electrons. The monoisotopic (exact) mass is 518 g/mol. The quantitative estimate of drug-likeness (QED) is 0.100. The van der Waals surface area contributed by atoms with Gasteiger partial charge in [-0.25, -0.2) is 0 Å². The number of ether oxygens (including phenoxy) is 1. The molecule has 0 bridgehead atoms. The maximum absolute atomic E-state index is 12.7. The van der Waals surface area contributed by atoms with E-state index in [1.807, 2.05) is 0 Å². The van der Waals surface area contributed by atoms with Gasteiger partial charge >= 0.3 is 5.97 Å². The fourth-order valence-corrected chi connectivity index (χ4v) is 6.02. The van der Waals surface area contributed by atoms with E-state index in [1.54, 1.807) is 11.8 Å². The Bertz CT molecular complexity index is 637. The molecule has 208 valence electrons. The Kier molecular flexibility index (Phi) is 21.3. The van der Waals surface area contributed by atoms with Crippen LogP contribution in [0.1, 0.15) is 153 Å². The van der Waals surface area contributed by atoms with Gasteiger partial charge in [0.25, 0.3) is 0 Å². The van der Waals surface area contributed by atoms with Gasteiger partial charge in [0, 0.05) is 5.75 Å². The Morgan fingerprint density at radius 1 is 0.667 bits per heavy atom. The molecular formula is C33H58O2S. The van der Waals surface area contributed by atoms with Crippen LogP contribution in [0.4, 0.5) is 0 Å².